The summed E-state index contributed by atoms with van der Waals surface area (Å²) in [5.41, 5.74) is -0.565. The fraction of sp³-hybridized carbons (Fsp3) is 0.889. The van der Waals surface area contributed by atoms with Crippen molar-refractivity contribution in [2.24, 2.45) is 0 Å². The number of thioether (sulfide) groups is 1. The van der Waals surface area contributed by atoms with E-state index in [-0.39, 0.29) is 11.9 Å². The molecule has 2 N–H and O–H groups in total. The Balaban J connectivity index is 2.57. The first-order valence-corrected chi connectivity index (χ1v) is 10.5. The molecule has 140 valence electrons. The zero-order valence-electron chi connectivity index (χ0n) is 15.7. The molecular weight excluding hydrogens is 324 g/mol. The van der Waals surface area contributed by atoms with Crippen LogP contribution in [0.1, 0.15) is 72.1 Å². The first-order chi connectivity index (χ1) is 11.3. The van der Waals surface area contributed by atoms with E-state index in [4.69, 9.17) is 4.74 Å². The molecule has 6 heteroatoms. The lowest BCUT2D eigenvalue weighted by Gasteiger charge is -2.26. The van der Waals surface area contributed by atoms with Gasteiger partial charge in [-0.15, -0.1) is 0 Å². The van der Waals surface area contributed by atoms with E-state index in [1.807, 2.05) is 27.0 Å². The standard InChI is InChI=1S/C18H34N2O3S/c1-18(2,3)23-17(22)20-15(12-13-24-4)16(21)19-14-10-8-6-5-7-9-11-14/h14-15H,5-13H2,1-4H3,(H,19,21)(H,20,22). The zero-order valence-corrected chi connectivity index (χ0v) is 16.5. The van der Waals surface area contributed by atoms with Crippen molar-refractivity contribution < 1.29 is 14.3 Å². The highest BCUT2D eigenvalue weighted by molar-refractivity contribution is 7.98. The molecule has 1 saturated carbocycles. The first kappa shape index (κ1) is 21.1. The minimum atomic E-state index is -0.565. The number of alkyl carbamates (subject to hydrolysis) is 1. The number of hydrogen-bond donors (Lipinski definition) is 2. The van der Waals surface area contributed by atoms with Gasteiger partial charge in [0.2, 0.25) is 5.91 Å². The van der Waals surface area contributed by atoms with Gasteiger partial charge in [0.1, 0.15) is 11.6 Å². The Kier molecular flexibility index (Phi) is 9.56. The molecule has 0 spiro atoms. The lowest BCUT2D eigenvalue weighted by molar-refractivity contribution is -0.124. The van der Waals surface area contributed by atoms with Crippen molar-refractivity contribution in [3.8, 4) is 0 Å². The van der Waals surface area contributed by atoms with Gasteiger partial charge in [-0.2, -0.15) is 11.8 Å². The van der Waals surface area contributed by atoms with Crippen LogP contribution >= 0.6 is 11.8 Å². The second-order valence-electron chi connectivity index (χ2n) is 7.53. The lowest BCUT2D eigenvalue weighted by atomic mass is 9.96. The van der Waals surface area contributed by atoms with Gasteiger partial charge in [0.25, 0.3) is 0 Å². The number of carbonyl (C=O) groups excluding carboxylic acids is 2. The minimum Gasteiger partial charge on any atom is -0.444 e. The molecule has 0 heterocycles. The second kappa shape index (κ2) is 10.9. The van der Waals surface area contributed by atoms with Gasteiger partial charge in [0.15, 0.2) is 0 Å². The van der Waals surface area contributed by atoms with Gasteiger partial charge in [0.05, 0.1) is 0 Å². The molecule has 0 aromatic rings. The van der Waals surface area contributed by atoms with E-state index in [0.717, 1.165) is 18.6 Å². The molecule has 24 heavy (non-hydrogen) atoms. The zero-order chi connectivity index (χ0) is 18.0. The molecular formula is C18H34N2O3S. The lowest BCUT2D eigenvalue weighted by Crippen LogP contribution is -2.51. The molecule has 1 atom stereocenters. The topological polar surface area (TPSA) is 67.4 Å². The number of rotatable bonds is 6. The largest absolute Gasteiger partial charge is 0.444 e. The highest BCUT2D eigenvalue weighted by Gasteiger charge is 2.25. The fourth-order valence-electron chi connectivity index (χ4n) is 2.86. The molecule has 1 aliphatic rings. The Morgan fingerprint density at radius 3 is 2.25 bits per heavy atom. The van der Waals surface area contributed by atoms with E-state index < -0.39 is 17.7 Å². The predicted octanol–water partition coefficient (Wildman–Crippen LogP) is 3.86. The molecule has 1 fully saturated rings. The molecule has 1 rings (SSSR count). The average molecular weight is 359 g/mol. The number of ether oxygens (including phenoxy) is 1. The molecule has 0 aromatic heterocycles. The second-order valence-corrected chi connectivity index (χ2v) is 8.52. The summed E-state index contributed by atoms with van der Waals surface area (Å²) in [6.07, 6.45) is 10.3. The molecule has 0 saturated heterocycles. The van der Waals surface area contributed by atoms with Gasteiger partial charge in [0, 0.05) is 6.04 Å². The SMILES string of the molecule is CSCCC(NC(=O)OC(C)(C)C)C(=O)NC1CCCCCCC1. The maximum Gasteiger partial charge on any atom is 0.408 e. The highest BCUT2D eigenvalue weighted by Crippen LogP contribution is 2.17. The number of carbonyl (C=O) groups is 2. The van der Waals surface area contributed by atoms with Crippen LogP contribution in [0.25, 0.3) is 0 Å². The summed E-state index contributed by atoms with van der Waals surface area (Å²) in [6, 6.07) is -0.298. The van der Waals surface area contributed by atoms with Crippen LogP contribution in [0.4, 0.5) is 4.79 Å². The summed E-state index contributed by atoms with van der Waals surface area (Å²) in [5, 5.41) is 5.88. The monoisotopic (exact) mass is 358 g/mol. The van der Waals surface area contributed by atoms with Crippen LogP contribution in [0.5, 0.6) is 0 Å². The van der Waals surface area contributed by atoms with Crippen molar-refractivity contribution in [2.75, 3.05) is 12.0 Å². The molecule has 0 aromatic carbocycles. The highest BCUT2D eigenvalue weighted by atomic mass is 32.2. The fourth-order valence-corrected chi connectivity index (χ4v) is 3.33. The maximum atomic E-state index is 12.6. The van der Waals surface area contributed by atoms with E-state index in [0.29, 0.717) is 6.42 Å². The van der Waals surface area contributed by atoms with Gasteiger partial charge in [-0.25, -0.2) is 4.79 Å². The van der Waals surface area contributed by atoms with E-state index >= 15 is 0 Å². The van der Waals surface area contributed by atoms with Gasteiger partial charge >= 0.3 is 6.09 Å². The van der Waals surface area contributed by atoms with E-state index in [1.165, 1.54) is 32.1 Å². The summed E-state index contributed by atoms with van der Waals surface area (Å²) in [7, 11) is 0. The molecule has 1 unspecified atom stereocenters. The van der Waals surface area contributed by atoms with E-state index in [2.05, 4.69) is 10.6 Å². The van der Waals surface area contributed by atoms with Crippen molar-refractivity contribution in [3.63, 3.8) is 0 Å². The van der Waals surface area contributed by atoms with Crippen molar-refractivity contribution in [1.82, 2.24) is 10.6 Å². The van der Waals surface area contributed by atoms with Crippen LogP contribution in [0, 0.1) is 0 Å². The van der Waals surface area contributed by atoms with Gasteiger partial charge in [-0.1, -0.05) is 32.1 Å². The average Bonchev–Trinajstić information content (AvgIpc) is 2.44. The van der Waals surface area contributed by atoms with Crippen LogP contribution in [0.2, 0.25) is 0 Å². The summed E-state index contributed by atoms with van der Waals surface area (Å²) >= 11 is 1.67. The van der Waals surface area contributed by atoms with Gasteiger partial charge in [-0.3, -0.25) is 4.79 Å². The first-order valence-electron chi connectivity index (χ1n) is 9.10. The van der Waals surface area contributed by atoms with Crippen molar-refractivity contribution in [1.29, 1.82) is 0 Å². The Morgan fingerprint density at radius 2 is 1.71 bits per heavy atom. The normalized spacial score (nSPS) is 18.2. The van der Waals surface area contributed by atoms with Gasteiger partial charge < -0.3 is 15.4 Å². The molecule has 5 nitrogen and oxygen atoms in total. The Morgan fingerprint density at radius 1 is 1.12 bits per heavy atom. The summed E-state index contributed by atoms with van der Waals surface area (Å²) in [4.78, 5) is 24.6. The number of amides is 2. The summed E-state index contributed by atoms with van der Waals surface area (Å²) in [5.74, 6) is 0.735. The Labute approximate surface area is 151 Å². The third-order valence-electron chi connectivity index (χ3n) is 4.07. The Hall–Kier alpha value is -0.910. The molecule has 0 bridgehead atoms. The van der Waals surface area contributed by atoms with E-state index in [9.17, 15) is 9.59 Å². The van der Waals surface area contributed by atoms with Crippen LogP contribution in [0.3, 0.4) is 0 Å². The molecule has 1 aliphatic carbocycles. The van der Waals surface area contributed by atoms with E-state index in [1.54, 1.807) is 11.8 Å². The van der Waals surface area contributed by atoms with Crippen molar-refractivity contribution in [2.45, 2.75) is 89.8 Å². The van der Waals surface area contributed by atoms with Crippen LogP contribution < -0.4 is 10.6 Å². The van der Waals surface area contributed by atoms with Gasteiger partial charge in [-0.05, 0) is 52.0 Å². The van der Waals surface area contributed by atoms with Crippen molar-refractivity contribution >= 4 is 23.8 Å². The van der Waals surface area contributed by atoms with Crippen LogP contribution in [-0.4, -0.2) is 41.7 Å². The molecule has 2 amide bonds. The predicted molar refractivity (Wildman–Crippen MR) is 100 cm³/mol. The summed E-state index contributed by atoms with van der Waals surface area (Å²) in [6.45, 7) is 5.45. The maximum absolute atomic E-state index is 12.6. The Bertz CT molecular complexity index is 388. The quantitative estimate of drug-likeness (QED) is 0.756. The third kappa shape index (κ3) is 9.40. The molecule has 0 radical (unpaired) electrons. The molecule has 0 aliphatic heterocycles. The minimum absolute atomic E-state index is 0.0829. The third-order valence-corrected chi connectivity index (χ3v) is 4.71. The van der Waals surface area contributed by atoms with Crippen LogP contribution in [-0.2, 0) is 9.53 Å². The number of nitrogens with one attached hydrogen (secondary N) is 2. The van der Waals surface area contributed by atoms with Crippen molar-refractivity contribution in [3.05, 3.63) is 0 Å². The number of hydrogen-bond acceptors (Lipinski definition) is 4. The van der Waals surface area contributed by atoms with Crippen LogP contribution in [0.15, 0.2) is 0 Å². The smallest absolute Gasteiger partial charge is 0.408 e. The summed E-state index contributed by atoms with van der Waals surface area (Å²) < 4.78 is 5.29.